The molecule has 34 heavy (non-hydrogen) atoms. The van der Waals surface area contributed by atoms with E-state index < -0.39 is 0 Å². The van der Waals surface area contributed by atoms with Crippen molar-refractivity contribution in [2.45, 2.75) is 32.2 Å². The predicted molar refractivity (Wildman–Crippen MR) is 135 cm³/mol. The number of hydrogen-bond acceptors (Lipinski definition) is 5. The first-order chi connectivity index (χ1) is 16.6. The summed E-state index contributed by atoms with van der Waals surface area (Å²) in [5.41, 5.74) is 1.53. The zero-order valence-corrected chi connectivity index (χ0v) is 20.4. The topological polar surface area (TPSA) is 76.5 Å². The maximum Gasteiger partial charge on any atom is 0.273 e. The van der Waals surface area contributed by atoms with Crippen LogP contribution in [-0.2, 0) is 13.0 Å². The predicted octanol–water partition coefficient (Wildman–Crippen LogP) is 4.08. The number of benzene rings is 2. The van der Waals surface area contributed by atoms with Gasteiger partial charge in [0.2, 0.25) is 0 Å². The number of aromatic nitrogens is 4. The van der Waals surface area contributed by atoms with Crippen LogP contribution in [0.2, 0.25) is 10.0 Å². The number of hydrogen-bond donors (Lipinski definition) is 0. The van der Waals surface area contributed by atoms with E-state index in [1.807, 2.05) is 34.9 Å². The smallest absolute Gasteiger partial charge is 0.273 e. The van der Waals surface area contributed by atoms with Gasteiger partial charge in [-0.1, -0.05) is 53.9 Å². The molecule has 0 saturated carbocycles. The molecular formula is C25H19Cl2N5OS. The number of nitriles is 1. The average Bonchev–Trinajstić information content (AvgIpc) is 3.28. The molecule has 2 aromatic heterocycles. The Morgan fingerprint density at radius 1 is 1.06 bits per heavy atom. The van der Waals surface area contributed by atoms with Gasteiger partial charge in [-0.05, 0) is 48.7 Å². The molecule has 0 saturated heterocycles. The molecule has 0 bridgehead atoms. The molecule has 0 N–H and O–H groups in total. The van der Waals surface area contributed by atoms with Gasteiger partial charge in [0.15, 0.2) is 5.82 Å². The van der Waals surface area contributed by atoms with Crippen molar-refractivity contribution in [3.05, 3.63) is 95.3 Å². The molecule has 2 aromatic carbocycles. The van der Waals surface area contributed by atoms with Crippen LogP contribution >= 0.6 is 34.5 Å². The SMILES string of the molecule is N#CC(c1nnc2n1CCCCC2)=c1sc(=Cc2ccc(Cl)c(Cl)c2)c(=O)n1-c1ccccc1. The molecule has 4 aromatic rings. The molecule has 0 unspecified atom stereocenters. The molecule has 0 amide bonds. The Hall–Kier alpha value is -3.18. The van der Waals surface area contributed by atoms with Gasteiger partial charge in [-0.25, -0.2) is 0 Å². The molecule has 6 nitrogen and oxygen atoms in total. The van der Waals surface area contributed by atoms with Gasteiger partial charge >= 0.3 is 0 Å². The number of aryl methyl sites for hydroxylation is 1. The number of nitrogens with zero attached hydrogens (tertiary/aromatic N) is 5. The van der Waals surface area contributed by atoms with Crippen LogP contribution in [-0.4, -0.2) is 19.3 Å². The summed E-state index contributed by atoms with van der Waals surface area (Å²) in [7, 11) is 0. The van der Waals surface area contributed by atoms with Crippen LogP contribution in [0.25, 0.3) is 17.3 Å². The molecule has 0 atom stereocenters. The molecule has 3 heterocycles. The molecular weight excluding hydrogens is 489 g/mol. The minimum absolute atomic E-state index is 0.222. The zero-order valence-electron chi connectivity index (χ0n) is 18.0. The van der Waals surface area contributed by atoms with E-state index in [4.69, 9.17) is 23.2 Å². The number of para-hydroxylation sites is 1. The lowest BCUT2D eigenvalue weighted by Gasteiger charge is -2.07. The van der Waals surface area contributed by atoms with Crippen molar-refractivity contribution >= 4 is 46.2 Å². The highest BCUT2D eigenvalue weighted by Crippen LogP contribution is 2.23. The summed E-state index contributed by atoms with van der Waals surface area (Å²) in [5, 5.41) is 19.8. The van der Waals surface area contributed by atoms with E-state index in [0.29, 0.717) is 36.3 Å². The first kappa shape index (κ1) is 22.6. The third kappa shape index (κ3) is 4.21. The fraction of sp³-hybridized carbons (Fsp3) is 0.200. The summed E-state index contributed by atoms with van der Waals surface area (Å²) in [4.78, 5) is 13.6. The van der Waals surface area contributed by atoms with E-state index >= 15 is 0 Å². The van der Waals surface area contributed by atoms with Gasteiger partial charge in [-0.15, -0.1) is 21.5 Å². The highest BCUT2D eigenvalue weighted by Gasteiger charge is 2.21. The summed E-state index contributed by atoms with van der Waals surface area (Å²) < 4.78 is 4.59. The van der Waals surface area contributed by atoms with Crippen molar-refractivity contribution in [3.8, 4) is 11.8 Å². The van der Waals surface area contributed by atoms with Gasteiger partial charge in [0.05, 0.1) is 20.3 Å². The summed E-state index contributed by atoms with van der Waals surface area (Å²) in [6, 6.07) is 16.8. The number of halogens is 2. The third-order valence-electron chi connectivity index (χ3n) is 5.74. The molecule has 170 valence electrons. The fourth-order valence-electron chi connectivity index (χ4n) is 4.08. The van der Waals surface area contributed by atoms with Crippen LogP contribution in [0, 0.1) is 11.3 Å². The number of rotatable bonds is 3. The first-order valence-corrected chi connectivity index (χ1v) is 12.4. The van der Waals surface area contributed by atoms with Gasteiger partial charge < -0.3 is 4.57 Å². The van der Waals surface area contributed by atoms with Crippen molar-refractivity contribution in [2.24, 2.45) is 0 Å². The summed E-state index contributed by atoms with van der Waals surface area (Å²) >= 11 is 13.5. The van der Waals surface area contributed by atoms with Crippen molar-refractivity contribution in [1.82, 2.24) is 19.3 Å². The lowest BCUT2D eigenvalue weighted by Crippen LogP contribution is -2.31. The second-order valence-electron chi connectivity index (χ2n) is 7.95. The van der Waals surface area contributed by atoms with Gasteiger partial charge in [0.25, 0.3) is 5.56 Å². The maximum atomic E-state index is 13.6. The maximum absolute atomic E-state index is 13.6. The summed E-state index contributed by atoms with van der Waals surface area (Å²) in [5.74, 6) is 1.39. The molecule has 0 fully saturated rings. The Morgan fingerprint density at radius 3 is 2.65 bits per heavy atom. The average molecular weight is 508 g/mol. The highest BCUT2D eigenvalue weighted by atomic mass is 35.5. The Morgan fingerprint density at radius 2 is 1.88 bits per heavy atom. The van der Waals surface area contributed by atoms with Crippen LogP contribution in [0.3, 0.4) is 0 Å². The quantitative estimate of drug-likeness (QED) is 0.418. The molecule has 5 rings (SSSR count). The largest absolute Gasteiger partial charge is 0.310 e. The first-order valence-electron chi connectivity index (χ1n) is 10.9. The second kappa shape index (κ2) is 9.59. The molecule has 9 heteroatoms. The van der Waals surface area contributed by atoms with Gasteiger partial charge in [-0.2, -0.15) is 5.26 Å². The minimum atomic E-state index is -0.222. The molecule has 1 aliphatic rings. The number of fused-ring (bicyclic) bond motifs is 1. The van der Waals surface area contributed by atoms with E-state index in [1.165, 1.54) is 11.3 Å². The van der Waals surface area contributed by atoms with Crippen molar-refractivity contribution in [3.63, 3.8) is 0 Å². The van der Waals surface area contributed by atoms with E-state index in [1.54, 1.807) is 28.8 Å². The highest BCUT2D eigenvalue weighted by molar-refractivity contribution is 7.07. The van der Waals surface area contributed by atoms with Crippen LogP contribution in [0.15, 0.2) is 53.3 Å². The van der Waals surface area contributed by atoms with E-state index in [2.05, 4.69) is 16.3 Å². The van der Waals surface area contributed by atoms with Crippen LogP contribution < -0.4 is 14.8 Å². The van der Waals surface area contributed by atoms with Crippen molar-refractivity contribution < 1.29 is 0 Å². The lowest BCUT2D eigenvalue weighted by molar-refractivity contribution is 0.627. The Kier molecular flexibility index (Phi) is 6.38. The Labute approximate surface area is 209 Å². The van der Waals surface area contributed by atoms with Crippen LogP contribution in [0.1, 0.15) is 36.5 Å². The van der Waals surface area contributed by atoms with E-state index in [9.17, 15) is 10.1 Å². The van der Waals surface area contributed by atoms with Crippen molar-refractivity contribution in [2.75, 3.05) is 0 Å². The normalized spacial score (nSPS) is 14.9. The summed E-state index contributed by atoms with van der Waals surface area (Å²) in [6.45, 7) is 0.756. The monoisotopic (exact) mass is 507 g/mol. The molecule has 0 radical (unpaired) electrons. The lowest BCUT2D eigenvalue weighted by atomic mass is 10.2. The fourth-order valence-corrected chi connectivity index (χ4v) is 5.49. The number of thiazole rings is 1. The van der Waals surface area contributed by atoms with Gasteiger partial charge in [0.1, 0.15) is 22.1 Å². The van der Waals surface area contributed by atoms with Crippen LogP contribution in [0.4, 0.5) is 0 Å². The standard InChI is InChI=1S/C25H19Cl2N5OS/c26-19-11-10-16(13-20(19)27)14-21-24(33)32(17-7-3-1-4-8-17)25(34-21)18(15-28)23-30-29-22-9-5-2-6-12-31(22)23/h1,3-4,7-8,10-11,13-14H,2,5-6,9,12H2. The minimum Gasteiger partial charge on any atom is -0.310 e. The molecule has 1 aliphatic heterocycles. The van der Waals surface area contributed by atoms with E-state index in [-0.39, 0.29) is 5.56 Å². The second-order valence-corrected chi connectivity index (χ2v) is 9.80. The van der Waals surface area contributed by atoms with Gasteiger partial charge in [-0.3, -0.25) is 9.36 Å². The van der Waals surface area contributed by atoms with Gasteiger partial charge in [0, 0.05) is 13.0 Å². The van der Waals surface area contributed by atoms with Crippen molar-refractivity contribution in [1.29, 1.82) is 5.26 Å². The Bertz CT molecular complexity index is 1590. The molecule has 0 aliphatic carbocycles. The third-order valence-corrected chi connectivity index (χ3v) is 7.57. The van der Waals surface area contributed by atoms with Crippen LogP contribution in [0.5, 0.6) is 0 Å². The molecule has 0 spiro atoms. The zero-order chi connectivity index (χ0) is 23.7. The summed E-state index contributed by atoms with van der Waals surface area (Å²) in [6.07, 6.45) is 5.76. The Balaban J connectivity index is 1.82. The van der Waals surface area contributed by atoms with E-state index in [0.717, 1.165) is 43.6 Å².